The lowest BCUT2D eigenvalue weighted by molar-refractivity contribution is -0.123. The fourth-order valence-corrected chi connectivity index (χ4v) is 4.78. The fourth-order valence-electron chi connectivity index (χ4n) is 4.78. The van der Waals surface area contributed by atoms with Gasteiger partial charge in [0.2, 0.25) is 5.91 Å². The number of ether oxygens (including phenoxy) is 1. The lowest BCUT2D eigenvalue weighted by atomic mass is 9.67. The Morgan fingerprint density at radius 3 is 3.04 bits per heavy atom. The Kier molecular flexibility index (Phi) is 4.27. The molecule has 0 aromatic carbocycles. The molecule has 2 saturated carbocycles. The molecule has 2 aliphatic carbocycles. The van der Waals surface area contributed by atoms with Crippen LogP contribution in [0.2, 0.25) is 0 Å². The maximum absolute atomic E-state index is 12.2. The van der Waals surface area contributed by atoms with Crippen LogP contribution in [0, 0.1) is 11.3 Å². The van der Waals surface area contributed by atoms with Crippen molar-refractivity contribution >= 4 is 17.2 Å². The zero-order valence-corrected chi connectivity index (χ0v) is 15.6. The van der Waals surface area contributed by atoms with E-state index in [1.807, 2.05) is 22.8 Å². The van der Waals surface area contributed by atoms with Crippen LogP contribution < -0.4 is 10.6 Å². The number of carbonyl (C=O) groups is 1. The molecule has 3 aliphatic rings. The van der Waals surface area contributed by atoms with Crippen LogP contribution in [0.25, 0.3) is 5.52 Å². The fraction of sp³-hybridized carbons (Fsp3) is 0.650. The van der Waals surface area contributed by atoms with Crippen molar-refractivity contribution in [1.29, 1.82) is 0 Å². The summed E-state index contributed by atoms with van der Waals surface area (Å²) in [5.74, 6) is 1.56. The molecule has 2 aromatic rings. The van der Waals surface area contributed by atoms with Gasteiger partial charge >= 0.3 is 0 Å². The maximum atomic E-state index is 12.2. The van der Waals surface area contributed by atoms with Gasteiger partial charge in [0, 0.05) is 18.8 Å². The summed E-state index contributed by atoms with van der Waals surface area (Å²) in [6, 6.07) is 4.39. The summed E-state index contributed by atoms with van der Waals surface area (Å²) >= 11 is 0. The first kappa shape index (κ1) is 17.0. The molecule has 0 bridgehead atoms. The van der Waals surface area contributed by atoms with Crippen molar-refractivity contribution in [3.8, 4) is 0 Å². The van der Waals surface area contributed by atoms with Crippen molar-refractivity contribution < 1.29 is 9.53 Å². The van der Waals surface area contributed by atoms with Crippen molar-refractivity contribution in [1.82, 2.24) is 19.9 Å². The van der Waals surface area contributed by atoms with Gasteiger partial charge < -0.3 is 15.4 Å². The zero-order valence-electron chi connectivity index (χ0n) is 15.6. The van der Waals surface area contributed by atoms with E-state index in [1.54, 1.807) is 6.33 Å². The largest absolute Gasteiger partial charge is 0.377 e. The summed E-state index contributed by atoms with van der Waals surface area (Å²) in [4.78, 5) is 16.6. The monoisotopic (exact) mass is 369 g/mol. The number of nitrogens with one attached hydrogen (secondary N) is 2. The van der Waals surface area contributed by atoms with Crippen LogP contribution in [0.15, 0.2) is 24.7 Å². The molecule has 2 aromatic heterocycles. The van der Waals surface area contributed by atoms with E-state index in [1.165, 1.54) is 19.3 Å². The molecule has 0 radical (unpaired) electrons. The molecular formula is C20H27N5O2. The highest BCUT2D eigenvalue weighted by Gasteiger charge is 2.44. The summed E-state index contributed by atoms with van der Waals surface area (Å²) in [6.07, 6.45) is 11.2. The van der Waals surface area contributed by atoms with Gasteiger partial charge in [-0.1, -0.05) is 6.42 Å². The zero-order chi connectivity index (χ0) is 18.3. The van der Waals surface area contributed by atoms with Crippen LogP contribution in [-0.4, -0.2) is 45.8 Å². The van der Waals surface area contributed by atoms with Crippen LogP contribution in [-0.2, 0) is 9.53 Å². The lowest BCUT2D eigenvalue weighted by Crippen LogP contribution is -2.42. The number of hydrogen-bond acceptors (Lipinski definition) is 5. The average molecular weight is 369 g/mol. The molecule has 27 heavy (non-hydrogen) atoms. The van der Waals surface area contributed by atoms with Gasteiger partial charge in [-0.2, -0.15) is 5.10 Å². The number of rotatable bonds is 6. The Balaban J connectivity index is 1.03. The number of anilines is 1. The first-order valence-corrected chi connectivity index (χ1v) is 10.1. The molecule has 144 valence electrons. The third-order valence-electron chi connectivity index (χ3n) is 6.61. The average Bonchev–Trinajstić information content (AvgIpc) is 3.23. The van der Waals surface area contributed by atoms with Crippen LogP contribution in [0.5, 0.6) is 0 Å². The van der Waals surface area contributed by atoms with E-state index in [2.05, 4.69) is 20.7 Å². The summed E-state index contributed by atoms with van der Waals surface area (Å²) in [5, 5.41) is 10.8. The molecule has 1 atom stereocenters. The van der Waals surface area contributed by atoms with Gasteiger partial charge in [-0.25, -0.2) is 9.50 Å². The van der Waals surface area contributed by atoms with Crippen molar-refractivity contribution in [3.05, 3.63) is 24.7 Å². The Labute approximate surface area is 158 Å². The molecule has 1 amide bonds. The van der Waals surface area contributed by atoms with Crippen LogP contribution in [0.1, 0.15) is 44.9 Å². The lowest BCUT2D eigenvalue weighted by Gasteiger charge is -2.36. The number of amides is 1. The first-order valence-electron chi connectivity index (χ1n) is 10.1. The van der Waals surface area contributed by atoms with Gasteiger partial charge in [0.1, 0.15) is 11.8 Å². The Morgan fingerprint density at radius 2 is 2.26 bits per heavy atom. The second-order valence-electron chi connectivity index (χ2n) is 8.62. The molecule has 7 heteroatoms. The quantitative estimate of drug-likeness (QED) is 0.817. The molecule has 1 spiro atoms. The number of nitrogens with zero attached hydrogens (tertiary/aromatic N) is 3. The van der Waals surface area contributed by atoms with Gasteiger partial charge in [-0.15, -0.1) is 0 Å². The van der Waals surface area contributed by atoms with Crippen molar-refractivity contribution in [2.45, 2.75) is 57.1 Å². The SMILES string of the molecule is O=C(CC1CC2(CCC2)CO1)NCC1CC(Nc2ncnn3cccc23)C1. The molecule has 1 unspecified atom stereocenters. The second kappa shape index (κ2) is 6.78. The molecule has 2 N–H and O–H groups in total. The topological polar surface area (TPSA) is 80.5 Å². The van der Waals surface area contributed by atoms with Gasteiger partial charge in [0.15, 0.2) is 5.82 Å². The third-order valence-corrected chi connectivity index (χ3v) is 6.61. The molecule has 3 heterocycles. The van der Waals surface area contributed by atoms with Gasteiger partial charge in [0.05, 0.1) is 19.1 Å². The standard InChI is InChI=1S/C20H27N5O2/c26-18(9-16-10-20(12-27-16)4-2-5-20)21-11-14-7-15(8-14)24-19-17-3-1-6-25(17)23-13-22-19/h1,3,6,13-16H,2,4-5,7-12H2,(H,21,26)(H,22,23,24). The Morgan fingerprint density at radius 1 is 1.37 bits per heavy atom. The highest BCUT2D eigenvalue weighted by Crippen LogP contribution is 2.49. The van der Waals surface area contributed by atoms with Crippen molar-refractivity contribution in [2.24, 2.45) is 11.3 Å². The predicted molar refractivity (Wildman–Crippen MR) is 101 cm³/mol. The number of fused-ring (bicyclic) bond motifs is 1. The normalized spacial score (nSPS) is 28.7. The first-order chi connectivity index (χ1) is 13.2. The predicted octanol–water partition coefficient (Wildman–Crippen LogP) is 2.39. The van der Waals surface area contributed by atoms with E-state index in [4.69, 9.17) is 4.74 Å². The summed E-state index contributed by atoms with van der Waals surface area (Å²) in [7, 11) is 0. The van der Waals surface area contributed by atoms with E-state index in [0.29, 0.717) is 23.8 Å². The molecular weight excluding hydrogens is 342 g/mol. The molecule has 5 rings (SSSR count). The number of hydrogen-bond donors (Lipinski definition) is 2. The molecule has 1 aliphatic heterocycles. The highest BCUT2D eigenvalue weighted by atomic mass is 16.5. The van der Waals surface area contributed by atoms with E-state index in [-0.39, 0.29) is 12.0 Å². The third kappa shape index (κ3) is 3.40. The molecule has 3 fully saturated rings. The maximum Gasteiger partial charge on any atom is 0.222 e. The second-order valence-corrected chi connectivity index (χ2v) is 8.62. The summed E-state index contributed by atoms with van der Waals surface area (Å²) in [6.45, 7) is 1.62. The molecule has 7 nitrogen and oxygen atoms in total. The van der Waals surface area contributed by atoms with Crippen LogP contribution >= 0.6 is 0 Å². The van der Waals surface area contributed by atoms with E-state index in [0.717, 1.165) is 43.7 Å². The number of carbonyl (C=O) groups excluding carboxylic acids is 1. The van der Waals surface area contributed by atoms with E-state index < -0.39 is 0 Å². The van der Waals surface area contributed by atoms with Crippen LogP contribution in [0.4, 0.5) is 5.82 Å². The minimum atomic E-state index is 0.128. The van der Waals surface area contributed by atoms with Crippen molar-refractivity contribution in [2.75, 3.05) is 18.5 Å². The minimum absolute atomic E-state index is 0.128. The van der Waals surface area contributed by atoms with Crippen molar-refractivity contribution in [3.63, 3.8) is 0 Å². The summed E-state index contributed by atoms with van der Waals surface area (Å²) in [5.41, 5.74) is 1.42. The Hall–Kier alpha value is -2.15. The minimum Gasteiger partial charge on any atom is -0.377 e. The van der Waals surface area contributed by atoms with E-state index in [9.17, 15) is 4.79 Å². The van der Waals surface area contributed by atoms with E-state index >= 15 is 0 Å². The van der Waals surface area contributed by atoms with Crippen LogP contribution in [0.3, 0.4) is 0 Å². The Bertz CT molecular complexity index is 825. The summed E-state index contributed by atoms with van der Waals surface area (Å²) < 4.78 is 7.68. The van der Waals surface area contributed by atoms with Gasteiger partial charge in [-0.05, 0) is 55.6 Å². The number of aromatic nitrogens is 3. The van der Waals surface area contributed by atoms with Gasteiger partial charge in [-0.3, -0.25) is 4.79 Å². The van der Waals surface area contributed by atoms with Gasteiger partial charge in [0.25, 0.3) is 0 Å². The highest BCUT2D eigenvalue weighted by molar-refractivity contribution is 5.76. The smallest absolute Gasteiger partial charge is 0.222 e. The molecule has 1 saturated heterocycles.